The third-order valence-electron chi connectivity index (χ3n) is 3.74. The summed E-state index contributed by atoms with van der Waals surface area (Å²) in [5.41, 5.74) is 1.54. The van der Waals surface area contributed by atoms with Crippen LogP contribution in [0, 0.1) is 0 Å². The number of imide groups is 1. The number of carbonyl (C=O) groups is 2. The molecule has 0 saturated carbocycles. The van der Waals surface area contributed by atoms with Gasteiger partial charge in [0.05, 0.1) is 21.5 Å². The minimum Gasteiger partial charge on any atom is -0.490 e. The predicted octanol–water partition coefficient (Wildman–Crippen LogP) is 5.79. The van der Waals surface area contributed by atoms with Crippen LogP contribution in [0.5, 0.6) is 5.75 Å². The van der Waals surface area contributed by atoms with Gasteiger partial charge in [0.15, 0.2) is 0 Å². The summed E-state index contributed by atoms with van der Waals surface area (Å²) in [6, 6.07) is 12.3. The van der Waals surface area contributed by atoms with Crippen LogP contribution in [0.2, 0.25) is 10.0 Å². The fourth-order valence-corrected chi connectivity index (χ4v) is 3.58. The number of rotatable bonds is 6. The molecule has 0 aliphatic carbocycles. The molecule has 1 aliphatic rings. The number of carbonyl (C=O) groups excluding carboxylic acids is 2. The molecule has 0 radical (unpaired) electrons. The molecular formula is C20H15Cl2NO3S. The molecule has 1 heterocycles. The summed E-state index contributed by atoms with van der Waals surface area (Å²) < 4.78 is 5.43. The average molecular weight is 420 g/mol. The van der Waals surface area contributed by atoms with E-state index in [9.17, 15) is 9.59 Å². The van der Waals surface area contributed by atoms with Crippen LogP contribution in [-0.2, 0) is 11.3 Å². The van der Waals surface area contributed by atoms with Crippen molar-refractivity contribution < 1.29 is 14.3 Å². The molecule has 2 amide bonds. The second-order valence-corrected chi connectivity index (χ2v) is 7.49. The van der Waals surface area contributed by atoms with Gasteiger partial charge in [0.1, 0.15) is 12.4 Å². The molecule has 2 aromatic carbocycles. The van der Waals surface area contributed by atoms with Gasteiger partial charge in [-0.25, -0.2) is 0 Å². The van der Waals surface area contributed by atoms with Gasteiger partial charge in [0.2, 0.25) is 0 Å². The highest BCUT2D eigenvalue weighted by atomic mass is 35.5. The smallest absolute Gasteiger partial charge is 0.293 e. The van der Waals surface area contributed by atoms with Crippen LogP contribution in [0.25, 0.3) is 6.08 Å². The normalized spacial score (nSPS) is 15.5. The zero-order chi connectivity index (χ0) is 19.4. The third kappa shape index (κ3) is 4.75. The van der Waals surface area contributed by atoms with Gasteiger partial charge in [-0.05, 0) is 53.2 Å². The number of thioether (sulfide) groups is 1. The van der Waals surface area contributed by atoms with E-state index in [4.69, 9.17) is 27.9 Å². The number of hydrogen-bond donors (Lipinski definition) is 0. The van der Waals surface area contributed by atoms with Gasteiger partial charge in [-0.15, -0.1) is 0 Å². The van der Waals surface area contributed by atoms with Crippen LogP contribution in [-0.4, -0.2) is 22.7 Å². The van der Waals surface area contributed by atoms with Crippen molar-refractivity contribution in [2.45, 2.75) is 6.54 Å². The topological polar surface area (TPSA) is 46.6 Å². The summed E-state index contributed by atoms with van der Waals surface area (Å²) >= 11 is 12.8. The van der Waals surface area contributed by atoms with Crippen LogP contribution in [0.4, 0.5) is 4.79 Å². The van der Waals surface area contributed by atoms with E-state index < -0.39 is 0 Å². The Labute approximate surface area is 171 Å². The van der Waals surface area contributed by atoms with E-state index in [0.717, 1.165) is 22.9 Å². The first-order valence-corrected chi connectivity index (χ1v) is 9.58. The number of nitrogens with zero attached hydrogens (tertiary/aromatic N) is 1. The minimum atomic E-state index is -0.331. The Kier molecular flexibility index (Phi) is 6.26. The molecule has 1 saturated heterocycles. The lowest BCUT2D eigenvalue weighted by molar-refractivity contribution is -0.123. The molecule has 0 bridgehead atoms. The van der Waals surface area contributed by atoms with Crippen LogP contribution in [0.1, 0.15) is 11.1 Å². The lowest BCUT2D eigenvalue weighted by Crippen LogP contribution is -2.27. The minimum absolute atomic E-state index is 0.146. The molecule has 7 heteroatoms. The lowest BCUT2D eigenvalue weighted by atomic mass is 10.2. The van der Waals surface area contributed by atoms with E-state index in [-0.39, 0.29) is 17.7 Å². The highest BCUT2D eigenvalue weighted by Gasteiger charge is 2.35. The predicted molar refractivity (Wildman–Crippen MR) is 110 cm³/mol. The molecule has 1 fully saturated rings. The molecule has 3 rings (SSSR count). The average Bonchev–Trinajstić information content (AvgIpc) is 2.91. The summed E-state index contributed by atoms with van der Waals surface area (Å²) in [5.74, 6) is 0.378. The van der Waals surface area contributed by atoms with Crippen LogP contribution < -0.4 is 4.74 Å². The molecule has 2 aromatic rings. The van der Waals surface area contributed by atoms with E-state index in [1.807, 2.05) is 12.1 Å². The Morgan fingerprint density at radius 1 is 1.07 bits per heavy atom. The summed E-state index contributed by atoms with van der Waals surface area (Å²) in [6.07, 6.45) is 3.36. The standard InChI is InChI=1S/C20H15Cl2NO3S/c1-2-9-26-15-6-3-13(4-7-15)11-18-19(24)23(20(25)27-18)12-14-5-8-16(21)17(22)10-14/h2-8,10-11H,1,9,12H2/b18-11-. The molecule has 0 unspecified atom stereocenters. The first kappa shape index (κ1) is 19.5. The third-order valence-corrected chi connectivity index (χ3v) is 5.39. The van der Waals surface area contributed by atoms with Crippen molar-refractivity contribution in [3.63, 3.8) is 0 Å². The molecule has 1 aliphatic heterocycles. The van der Waals surface area contributed by atoms with E-state index in [2.05, 4.69) is 6.58 Å². The molecule has 0 spiro atoms. The summed E-state index contributed by atoms with van der Waals surface area (Å²) in [5, 5.41) is 0.494. The summed E-state index contributed by atoms with van der Waals surface area (Å²) in [6.45, 7) is 4.17. The van der Waals surface area contributed by atoms with Gasteiger partial charge in [0.25, 0.3) is 11.1 Å². The van der Waals surface area contributed by atoms with E-state index in [1.54, 1.807) is 42.5 Å². The quantitative estimate of drug-likeness (QED) is 0.438. The van der Waals surface area contributed by atoms with Crippen LogP contribution in [0.3, 0.4) is 0 Å². The highest BCUT2D eigenvalue weighted by molar-refractivity contribution is 8.18. The molecule has 4 nitrogen and oxygen atoms in total. The molecule has 0 N–H and O–H groups in total. The van der Waals surface area contributed by atoms with Gasteiger partial charge in [-0.1, -0.05) is 54.1 Å². The Bertz CT molecular complexity index is 925. The second-order valence-electron chi connectivity index (χ2n) is 5.69. The largest absolute Gasteiger partial charge is 0.490 e. The maximum atomic E-state index is 12.6. The van der Waals surface area contributed by atoms with Crippen molar-refractivity contribution in [1.29, 1.82) is 0 Å². The monoisotopic (exact) mass is 419 g/mol. The zero-order valence-corrected chi connectivity index (χ0v) is 16.5. The summed E-state index contributed by atoms with van der Waals surface area (Å²) in [7, 11) is 0. The van der Waals surface area contributed by atoms with E-state index in [0.29, 0.717) is 27.3 Å². The molecule has 138 valence electrons. The number of benzene rings is 2. The van der Waals surface area contributed by atoms with Crippen molar-refractivity contribution in [3.8, 4) is 5.75 Å². The van der Waals surface area contributed by atoms with Crippen molar-refractivity contribution in [3.05, 3.63) is 81.2 Å². The Morgan fingerprint density at radius 2 is 1.81 bits per heavy atom. The fraction of sp³-hybridized carbons (Fsp3) is 0.100. The second kappa shape index (κ2) is 8.65. The maximum Gasteiger partial charge on any atom is 0.293 e. The fourth-order valence-electron chi connectivity index (χ4n) is 2.42. The van der Waals surface area contributed by atoms with Crippen LogP contribution in [0.15, 0.2) is 60.0 Å². The first-order chi connectivity index (χ1) is 13.0. The van der Waals surface area contributed by atoms with Crippen molar-refractivity contribution in [2.24, 2.45) is 0 Å². The Balaban J connectivity index is 1.73. The van der Waals surface area contributed by atoms with Crippen molar-refractivity contribution in [2.75, 3.05) is 6.61 Å². The van der Waals surface area contributed by atoms with E-state index >= 15 is 0 Å². The molecule has 27 heavy (non-hydrogen) atoms. The van der Waals surface area contributed by atoms with Gasteiger partial charge >= 0.3 is 0 Å². The Morgan fingerprint density at radius 3 is 2.48 bits per heavy atom. The highest BCUT2D eigenvalue weighted by Crippen LogP contribution is 2.34. The Hall–Kier alpha value is -2.21. The zero-order valence-electron chi connectivity index (χ0n) is 14.2. The molecular weight excluding hydrogens is 405 g/mol. The lowest BCUT2D eigenvalue weighted by Gasteiger charge is -2.12. The number of hydrogen-bond acceptors (Lipinski definition) is 4. The SMILES string of the molecule is C=CCOc1ccc(/C=C2\SC(=O)N(Cc3ccc(Cl)c(Cl)c3)C2=O)cc1. The van der Waals surface area contributed by atoms with E-state index in [1.165, 1.54) is 4.90 Å². The van der Waals surface area contributed by atoms with Gasteiger partial charge in [-0.3, -0.25) is 14.5 Å². The summed E-state index contributed by atoms with van der Waals surface area (Å²) in [4.78, 5) is 26.4. The van der Waals surface area contributed by atoms with Gasteiger partial charge < -0.3 is 4.74 Å². The number of ether oxygens (including phenoxy) is 1. The van der Waals surface area contributed by atoms with Crippen molar-refractivity contribution in [1.82, 2.24) is 4.90 Å². The number of halogens is 2. The van der Waals surface area contributed by atoms with Crippen LogP contribution >= 0.6 is 35.0 Å². The molecule has 0 atom stereocenters. The molecule has 0 aromatic heterocycles. The maximum absolute atomic E-state index is 12.6. The van der Waals surface area contributed by atoms with Gasteiger partial charge in [-0.2, -0.15) is 0 Å². The van der Waals surface area contributed by atoms with Crippen molar-refractivity contribution >= 4 is 52.2 Å². The first-order valence-electron chi connectivity index (χ1n) is 8.01. The number of amides is 2. The van der Waals surface area contributed by atoms with Gasteiger partial charge in [0, 0.05) is 0 Å².